The van der Waals surface area contributed by atoms with Gasteiger partial charge in [0.1, 0.15) is 24.7 Å². The molecule has 0 fully saturated rings. The molecule has 0 amide bonds. The van der Waals surface area contributed by atoms with Crippen LogP contribution in [0.1, 0.15) is 25.3 Å². The van der Waals surface area contributed by atoms with E-state index in [0.717, 1.165) is 16.0 Å². The van der Waals surface area contributed by atoms with Crippen LogP contribution < -0.4 is 9.47 Å². The van der Waals surface area contributed by atoms with E-state index in [-0.39, 0.29) is 0 Å². The van der Waals surface area contributed by atoms with Crippen molar-refractivity contribution >= 4 is 15.9 Å². The zero-order valence-corrected chi connectivity index (χ0v) is 13.4. The lowest BCUT2D eigenvalue weighted by molar-refractivity contribution is 0.217. The van der Waals surface area contributed by atoms with Gasteiger partial charge < -0.3 is 9.47 Å². The van der Waals surface area contributed by atoms with Crippen molar-refractivity contribution in [3.8, 4) is 11.5 Å². The summed E-state index contributed by atoms with van der Waals surface area (Å²) in [5.74, 6) is 2.25. The highest BCUT2D eigenvalue weighted by atomic mass is 79.9. The first-order valence-corrected chi connectivity index (χ1v) is 7.55. The van der Waals surface area contributed by atoms with Gasteiger partial charge in [-0.25, -0.2) is 0 Å². The Labute approximate surface area is 128 Å². The van der Waals surface area contributed by atoms with Crippen LogP contribution in [0.3, 0.4) is 0 Å². The third-order valence-electron chi connectivity index (χ3n) is 2.94. The molecular formula is C17H19BrO2. The molecule has 0 atom stereocenters. The summed E-state index contributed by atoms with van der Waals surface area (Å²) in [5.41, 5.74) is 1.29. The highest BCUT2D eigenvalue weighted by Crippen LogP contribution is 2.20. The van der Waals surface area contributed by atoms with Crippen molar-refractivity contribution in [3.63, 3.8) is 0 Å². The molecule has 2 nitrogen and oxygen atoms in total. The van der Waals surface area contributed by atoms with Gasteiger partial charge in [0.15, 0.2) is 0 Å². The van der Waals surface area contributed by atoms with Crippen LogP contribution in [0.15, 0.2) is 53.0 Å². The molecule has 0 N–H and O–H groups in total. The Morgan fingerprint density at radius 3 is 2.10 bits per heavy atom. The zero-order valence-electron chi connectivity index (χ0n) is 11.8. The Kier molecular flexibility index (Phi) is 5.48. The van der Waals surface area contributed by atoms with Gasteiger partial charge in [0.05, 0.1) is 0 Å². The van der Waals surface area contributed by atoms with Crippen molar-refractivity contribution in [3.05, 3.63) is 58.6 Å². The molecule has 0 saturated carbocycles. The van der Waals surface area contributed by atoms with E-state index >= 15 is 0 Å². The van der Waals surface area contributed by atoms with E-state index in [1.165, 1.54) is 5.56 Å². The Morgan fingerprint density at radius 2 is 1.50 bits per heavy atom. The minimum Gasteiger partial charge on any atom is -0.490 e. The average molecular weight is 335 g/mol. The maximum Gasteiger partial charge on any atom is 0.122 e. The van der Waals surface area contributed by atoms with Crippen molar-refractivity contribution in [1.82, 2.24) is 0 Å². The fourth-order valence-corrected chi connectivity index (χ4v) is 2.22. The van der Waals surface area contributed by atoms with Gasteiger partial charge in [-0.1, -0.05) is 48.0 Å². The smallest absolute Gasteiger partial charge is 0.122 e. The maximum absolute atomic E-state index is 5.71. The second-order valence-corrected chi connectivity index (χ2v) is 5.80. The summed E-state index contributed by atoms with van der Waals surface area (Å²) >= 11 is 3.42. The number of ether oxygens (including phenoxy) is 2. The van der Waals surface area contributed by atoms with E-state index < -0.39 is 0 Å². The highest BCUT2D eigenvalue weighted by Gasteiger charge is 2.01. The lowest BCUT2D eigenvalue weighted by Crippen LogP contribution is -2.09. The van der Waals surface area contributed by atoms with Crippen molar-refractivity contribution in [2.75, 3.05) is 13.2 Å². The maximum atomic E-state index is 5.71. The van der Waals surface area contributed by atoms with Crippen molar-refractivity contribution in [1.29, 1.82) is 0 Å². The third kappa shape index (κ3) is 4.57. The molecule has 0 bridgehead atoms. The molecule has 20 heavy (non-hydrogen) atoms. The van der Waals surface area contributed by atoms with Gasteiger partial charge in [0, 0.05) is 4.47 Å². The molecule has 0 aromatic heterocycles. The topological polar surface area (TPSA) is 18.5 Å². The van der Waals surface area contributed by atoms with Crippen LogP contribution in [0.5, 0.6) is 11.5 Å². The first-order chi connectivity index (χ1) is 9.65. The lowest BCUT2D eigenvalue weighted by atomic mass is 10.0. The van der Waals surface area contributed by atoms with Crippen LogP contribution in [0.2, 0.25) is 0 Å². The summed E-state index contributed by atoms with van der Waals surface area (Å²) in [5, 5.41) is 0. The minimum absolute atomic E-state index is 0.511. The van der Waals surface area contributed by atoms with Crippen LogP contribution in [0.25, 0.3) is 0 Å². The zero-order chi connectivity index (χ0) is 14.4. The number of benzene rings is 2. The second-order valence-electron chi connectivity index (χ2n) is 4.88. The third-order valence-corrected chi connectivity index (χ3v) is 3.43. The number of hydrogen-bond acceptors (Lipinski definition) is 2. The van der Waals surface area contributed by atoms with E-state index in [2.05, 4.69) is 41.9 Å². The predicted molar refractivity (Wildman–Crippen MR) is 85.7 cm³/mol. The summed E-state index contributed by atoms with van der Waals surface area (Å²) in [7, 11) is 0. The molecule has 2 aromatic rings. The van der Waals surface area contributed by atoms with Gasteiger partial charge in [0.2, 0.25) is 0 Å². The van der Waals surface area contributed by atoms with Crippen molar-refractivity contribution in [2.24, 2.45) is 0 Å². The van der Waals surface area contributed by atoms with Gasteiger partial charge in [-0.3, -0.25) is 0 Å². The summed E-state index contributed by atoms with van der Waals surface area (Å²) in [4.78, 5) is 0. The first kappa shape index (κ1) is 14.9. The van der Waals surface area contributed by atoms with Crippen LogP contribution in [0.4, 0.5) is 0 Å². The van der Waals surface area contributed by atoms with E-state index in [1.54, 1.807) is 0 Å². The molecule has 0 radical (unpaired) electrons. The molecule has 0 saturated heterocycles. The van der Waals surface area contributed by atoms with Crippen LogP contribution >= 0.6 is 15.9 Å². The summed E-state index contributed by atoms with van der Waals surface area (Å²) in [6.45, 7) is 5.42. The Balaban J connectivity index is 1.80. The second kappa shape index (κ2) is 7.34. The van der Waals surface area contributed by atoms with E-state index in [4.69, 9.17) is 9.47 Å². The fraction of sp³-hybridized carbons (Fsp3) is 0.294. The van der Waals surface area contributed by atoms with Crippen molar-refractivity contribution in [2.45, 2.75) is 19.8 Å². The minimum atomic E-state index is 0.511. The van der Waals surface area contributed by atoms with E-state index in [9.17, 15) is 0 Å². The van der Waals surface area contributed by atoms with Gasteiger partial charge in [-0.05, 0) is 41.8 Å². The predicted octanol–water partition coefficient (Wildman–Crippen LogP) is 5.03. The first-order valence-electron chi connectivity index (χ1n) is 6.76. The quantitative estimate of drug-likeness (QED) is 0.689. The van der Waals surface area contributed by atoms with Crippen molar-refractivity contribution < 1.29 is 9.47 Å². The average Bonchev–Trinajstić information content (AvgIpc) is 2.44. The molecule has 2 aromatic carbocycles. The molecule has 2 rings (SSSR count). The normalized spacial score (nSPS) is 10.6. The van der Waals surface area contributed by atoms with Crippen LogP contribution in [-0.2, 0) is 0 Å². The standard InChI is InChI=1S/C17H19BrO2/c1-13(2)14-5-3-7-16(11-14)19-9-10-20-17-8-4-6-15(18)12-17/h3-8,11-13H,9-10H2,1-2H3. The molecule has 0 unspecified atom stereocenters. The SMILES string of the molecule is CC(C)c1cccc(OCCOc2cccc(Br)c2)c1. The monoisotopic (exact) mass is 334 g/mol. The fourth-order valence-electron chi connectivity index (χ4n) is 1.84. The lowest BCUT2D eigenvalue weighted by Gasteiger charge is -2.11. The van der Waals surface area contributed by atoms with Crippen LogP contribution in [-0.4, -0.2) is 13.2 Å². The van der Waals surface area contributed by atoms with Gasteiger partial charge in [0.25, 0.3) is 0 Å². The Morgan fingerprint density at radius 1 is 0.900 bits per heavy atom. The summed E-state index contributed by atoms with van der Waals surface area (Å²) < 4.78 is 12.4. The Bertz CT molecular complexity index is 552. The largest absolute Gasteiger partial charge is 0.490 e. The van der Waals surface area contributed by atoms with Gasteiger partial charge in [-0.15, -0.1) is 0 Å². The molecule has 0 spiro atoms. The number of halogens is 1. The van der Waals surface area contributed by atoms with Gasteiger partial charge in [-0.2, -0.15) is 0 Å². The molecule has 0 aliphatic heterocycles. The number of hydrogen-bond donors (Lipinski definition) is 0. The molecular weight excluding hydrogens is 316 g/mol. The molecule has 106 valence electrons. The molecule has 0 aliphatic carbocycles. The van der Waals surface area contributed by atoms with E-state index in [0.29, 0.717) is 19.1 Å². The molecule has 0 heterocycles. The van der Waals surface area contributed by atoms with E-state index in [1.807, 2.05) is 36.4 Å². The molecule has 0 aliphatic rings. The number of rotatable bonds is 6. The molecule has 3 heteroatoms. The van der Waals surface area contributed by atoms with Gasteiger partial charge >= 0.3 is 0 Å². The Hall–Kier alpha value is -1.48. The summed E-state index contributed by atoms with van der Waals surface area (Å²) in [6, 6.07) is 16.0. The highest BCUT2D eigenvalue weighted by molar-refractivity contribution is 9.10. The summed E-state index contributed by atoms with van der Waals surface area (Å²) in [6.07, 6.45) is 0. The van der Waals surface area contributed by atoms with Crippen LogP contribution in [0, 0.1) is 0 Å².